The van der Waals surface area contributed by atoms with E-state index in [4.69, 9.17) is 16.6 Å². The van der Waals surface area contributed by atoms with Gasteiger partial charge in [0.25, 0.3) is 0 Å². The first-order chi connectivity index (χ1) is 19.2. The maximum atomic E-state index is 13.7. The Balaban J connectivity index is 1.40. The summed E-state index contributed by atoms with van der Waals surface area (Å²) in [5.74, 6) is -0.204. The van der Waals surface area contributed by atoms with Crippen LogP contribution in [0.5, 0.6) is 0 Å². The molecule has 2 aromatic rings. The number of carbonyl (C=O) groups is 3. The highest BCUT2D eigenvalue weighted by Crippen LogP contribution is 2.30. The highest BCUT2D eigenvalue weighted by Gasteiger charge is 2.30. The third-order valence-electron chi connectivity index (χ3n) is 8.35. The first-order valence-electron chi connectivity index (χ1n) is 14.6. The number of likely N-dealkylation sites (N-methyl/N-ethyl adjacent to an activating group) is 1. The number of piperazine rings is 1. The number of carbonyl (C=O) groups excluding carboxylic acids is 3. The summed E-state index contributed by atoms with van der Waals surface area (Å²) in [7, 11) is 2.12. The summed E-state index contributed by atoms with van der Waals surface area (Å²) in [4.78, 5) is 48.2. The van der Waals surface area contributed by atoms with E-state index in [2.05, 4.69) is 28.7 Å². The summed E-state index contributed by atoms with van der Waals surface area (Å²) in [6.45, 7) is 10.1. The molecule has 0 unspecified atom stereocenters. The average Bonchev–Trinajstić information content (AvgIpc) is 3.33. The van der Waals surface area contributed by atoms with Crippen LogP contribution in [0.2, 0.25) is 5.02 Å². The van der Waals surface area contributed by atoms with E-state index < -0.39 is 5.92 Å². The zero-order chi connectivity index (χ0) is 28.6. The lowest BCUT2D eigenvalue weighted by Crippen LogP contribution is -2.46. The highest BCUT2D eigenvalue weighted by molar-refractivity contribution is 7.18. The van der Waals surface area contributed by atoms with Crippen molar-refractivity contribution < 1.29 is 14.4 Å². The molecular weight excluding hydrogens is 544 g/mol. The average molecular weight is 587 g/mol. The van der Waals surface area contributed by atoms with Crippen LogP contribution in [-0.4, -0.2) is 78.1 Å². The summed E-state index contributed by atoms with van der Waals surface area (Å²) >= 11 is 7.66. The quantitative estimate of drug-likeness (QED) is 0.321. The van der Waals surface area contributed by atoms with Crippen molar-refractivity contribution in [3.8, 4) is 0 Å². The lowest BCUT2D eigenvalue weighted by Gasteiger charge is -2.33. The minimum atomic E-state index is -0.498. The van der Waals surface area contributed by atoms with Crippen LogP contribution in [-0.2, 0) is 20.8 Å². The third kappa shape index (κ3) is 8.93. The Kier molecular flexibility index (Phi) is 11.3. The summed E-state index contributed by atoms with van der Waals surface area (Å²) in [6.07, 6.45) is 7.16. The molecule has 1 aliphatic heterocycles. The van der Waals surface area contributed by atoms with Gasteiger partial charge in [-0.3, -0.25) is 14.5 Å². The van der Waals surface area contributed by atoms with E-state index in [0.717, 1.165) is 67.1 Å². The summed E-state index contributed by atoms with van der Waals surface area (Å²) in [6, 6.07) is 5.48. The second kappa shape index (κ2) is 14.7. The Labute approximate surface area is 247 Å². The maximum Gasteiger partial charge on any atom is 0.224 e. The van der Waals surface area contributed by atoms with Crippen LogP contribution < -0.4 is 5.32 Å². The van der Waals surface area contributed by atoms with E-state index in [1.165, 1.54) is 24.7 Å². The number of benzene rings is 1. The molecule has 1 saturated heterocycles. The second-order valence-corrected chi connectivity index (χ2v) is 13.2. The molecule has 1 amide bonds. The minimum Gasteiger partial charge on any atom is -0.353 e. The van der Waals surface area contributed by atoms with Gasteiger partial charge in [0.05, 0.1) is 21.1 Å². The van der Waals surface area contributed by atoms with Crippen LogP contribution in [0.4, 0.5) is 0 Å². The number of nitrogens with zero attached hydrogens (tertiary/aromatic N) is 3. The number of aromatic nitrogens is 1. The molecule has 4 rings (SSSR count). The number of fused-ring (bicyclic) bond motifs is 1. The second-order valence-electron chi connectivity index (χ2n) is 11.7. The van der Waals surface area contributed by atoms with Crippen LogP contribution in [0, 0.1) is 11.8 Å². The molecule has 9 heteroatoms. The third-order valence-corrected chi connectivity index (χ3v) is 9.63. The normalized spacial score (nSPS) is 18.9. The highest BCUT2D eigenvalue weighted by atomic mass is 35.5. The molecule has 218 valence electrons. The standard InChI is InChI=1S/C31H43ClN4O3S/c1-21(20-36-15-13-35(3)14-16-36)28(38)12-11-26(23-7-5-4-6-8-23)34-31(39)24(17-22(2)37)18-30-33-27-10-9-25(32)19-29(27)40-30/h9-10,19,23-24,26H,1,4-8,11-18,20H2,2-3H3,(H,34,39)/t24-,26+/m0/s1. The van der Waals surface area contributed by atoms with E-state index in [1.54, 1.807) is 0 Å². The van der Waals surface area contributed by atoms with Crippen molar-refractivity contribution in [1.82, 2.24) is 20.1 Å². The fourth-order valence-electron chi connectivity index (χ4n) is 5.94. The van der Waals surface area contributed by atoms with Crippen molar-refractivity contribution in [3.05, 3.63) is 40.4 Å². The van der Waals surface area contributed by atoms with E-state index >= 15 is 0 Å². The fraction of sp³-hybridized carbons (Fsp3) is 0.613. The molecule has 1 aromatic heterocycles. The Morgan fingerprint density at radius 1 is 1.15 bits per heavy atom. The number of hydrogen-bond donors (Lipinski definition) is 1. The number of halogens is 1. The van der Waals surface area contributed by atoms with Gasteiger partial charge >= 0.3 is 0 Å². The zero-order valence-corrected chi connectivity index (χ0v) is 25.5. The molecule has 2 heterocycles. The first kappa shape index (κ1) is 30.8. The van der Waals surface area contributed by atoms with Gasteiger partial charge in [0.15, 0.2) is 5.78 Å². The van der Waals surface area contributed by atoms with Gasteiger partial charge in [-0.05, 0) is 57.4 Å². The van der Waals surface area contributed by atoms with Crippen LogP contribution in [0.3, 0.4) is 0 Å². The lowest BCUT2D eigenvalue weighted by molar-refractivity contribution is -0.130. The summed E-state index contributed by atoms with van der Waals surface area (Å²) < 4.78 is 0.972. The predicted molar refractivity (Wildman–Crippen MR) is 163 cm³/mol. The van der Waals surface area contributed by atoms with E-state index in [-0.39, 0.29) is 29.9 Å². The molecule has 40 heavy (non-hydrogen) atoms. The van der Waals surface area contributed by atoms with Gasteiger partial charge in [0, 0.05) is 68.6 Å². The molecule has 2 fully saturated rings. The Morgan fingerprint density at radius 2 is 1.88 bits per heavy atom. The van der Waals surface area contributed by atoms with Crippen LogP contribution in [0.25, 0.3) is 10.2 Å². The number of nitrogens with one attached hydrogen (secondary N) is 1. The van der Waals surface area contributed by atoms with E-state index in [0.29, 0.717) is 42.3 Å². The number of Topliss-reactive ketones (excluding diaryl/α,β-unsaturated/α-hetero) is 2. The molecule has 0 bridgehead atoms. The molecule has 1 aliphatic carbocycles. The largest absolute Gasteiger partial charge is 0.353 e. The van der Waals surface area contributed by atoms with Gasteiger partial charge in [-0.25, -0.2) is 4.98 Å². The number of thiazole rings is 1. The Hall–Kier alpha value is -2.13. The molecule has 7 nitrogen and oxygen atoms in total. The van der Waals surface area contributed by atoms with Crippen molar-refractivity contribution in [2.75, 3.05) is 39.8 Å². The number of amides is 1. The van der Waals surface area contributed by atoms with Crippen molar-refractivity contribution in [1.29, 1.82) is 0 Å². The van der Waals surface area contributed by atoms with Crippen LogP contribution >= 0.6 is 22.9 Å². The van der Waals surface area contributed by atoms with E-state index in [1.807, 2.05) is 18.2 Å². The lowest BCUT2D eigenvalue weighted by atomic mass is 9.81. The van der Waals surface area contributed by atoms with Gasteiger partial charge < -0.3 is 15.0 Å². The molecule has 2 aliphatic rings. The molecule has 0 spiro atoms. The Bertz CT molecular complexity index is 1200. The van der Waals surface area contributed by atoms with Gasteiger partial charge in [-0.2, -0.15) is 0 Å². The number of rotatable bonds is 13. The SMILES string of the molecule is C=C(CN1CCN(C)CC1)C(=O)CC[C@@H](NC(=O)[C@@H](CC(C)=O)Cc1nc2ccc(Cl)cc2s1)C1CCCCC1. The summed E-state index contributed by atoms with van der Waals surface area (Å²) in [5, 5.41) is 4.77. The van der Waals surface area contributed by atoms with Gasteiger partial charge in [0.2, 0.25) is 5.91 Å². The molecule has 0 radical (unpaired) electrons. The number of ketones is 2. The summed E-state index contributed by atoms with van der Waals surface area (Å²) in [5.41, 5.74) is 1.51. The fourth-order valence-corrected chi connectivity index (χ4v) is 7.26. The van der Waals surface area contributed by atoms with Gasteiger partial charge in [-0.1, -0.05) is 37.4 Å². The van der Waals surface area contributed by atoms with Crippen molar-refractivity contribution in [3.63, 3.8) is 0 Å². The molecule has 1 saturated carbocycles. The van der Waals surface area contributed by atoms with Gasteiger partial charge in [0.1, 0.15) is 5.78 Å². The molecule has 1 N–H and O–H groups in total. The molecular formula is C31H43ClN4O3S. The smallest absolute Gasteiger partial charge is 0.224 e. The van der Waals surface area contributed by atoms with Crippen LogP contribution in [0.15, 0.2) is 30.4 Å². The molecule has 1 aromatic carbocycles. The number of hydrogen-bond acceptors (Lipinski definition) is 7. The zero-order valence-electron chi connectivity index (χ0n) is 23.9. The molecule has 2 atom stereocenters. The van der Waals surface area contributed by atoms with Crippen molar-refractivity contribution in [2.24, 2.45) is 11.8 Å². The monoisotopic (exact) mass is 586 g/mol. The van der Waals surface area contributed by atoms with Crippen LogP contribution in [0.1, 0.15) is 63.3 Å². The van der Waals surface area contributed by atoms with Crippen molar-refractivity contribution in [2.45, 2.75) is 70.8 Å². The minimum absolute atomic E-state index is 0.0195. The van der Waals surface area contributed by atoms with E-state index in [9.17, 15) is 14.4 Å². The Morgan fingerprint density at radius 3 is 2.58 bits per heavy atom. The first-order valence-corrected chi connectivity index (χ1v) is 15.8. The maximum absolute atomic E-state index is 13.7. The topological polar surface area (TPSA) is 82.6 Å². The van der Waals surface area contributed by atoms with Gasteiger partial charge in [-0.15, -0.1) is 11.3 Å². The van der Waals surface area contributed by atoms with Crippen molar-refractivity contribution >= 4 is 50.6 Å². The predicted octanol–water partition coefficient (Wildman–Crippen LogP) is 5.31.